The van der Waals surface area contributed by atoms with E-state index in [-0.39, 0.29) is 0 Å². The third kappa shape index (κ3) is 1.85. The number of aromatic nitrogens is 2. The highest BCUT2D eigenvalue weighted by molar-refractivity contribution is 5.65. The Hall–Kier alpha value is -1.61. The Kier molecular flexibility index (Phi) is 2.92. The number of nitrogens with zero attached hydrogens (tertiary/aromatic N) is 1. The molecule has 2 aromatic rings. The van der Waals surface area contributed by atoms with Crippen molar-refractivity contribution in [3.63, 3.8) is 0 Å². The highest BCUT2D eigenvalue weighted by Gasteiger charge is 2.13. The highest BCUT2D eigenvalue weighted by Crippen LogP contribution is 2.28. The van der Waals surface area contributed by atoms with Crippen LogP contribution in [0.1, 0.15) is 35.2 Å². The summed E-state index contributed by atoms with van der Waals surface area (Å²) in [5.41, 5.74) is 13.2. The van der Waals surface area contributed by atoms with Crippen LogP contribution in [0.2, 0.25) is 0 Å². The van der Waals surface area contributed by atoms with E-state index in [4.69, 9.17) is 5.73 Å². The number of hydrogen-bond acceptors (Lipinski definition) is 2. The number of nitrogens with one attached hydrogen (secondary N) is 1. The number of rotatable bonds is 2. The Morgan fingerprint density at radius 3 is 2.72 bits per heavy atom. The van der Waals surface area contributed by atoms with E-state index in [1.807, 2.05) is 0 Å². The van der Waals surface area contributed by atoms with Gasteiger partial charge in [0.05, 0.1) is 11.4 Å². The lowest BCUT2D eigenvalue weighted by Crippen LogP contribution is -2.02. The monoisotopic (exact) mass is 241 g/mol. The van der Waals surface area contributed by atoms with Crippen LogP contribution in [0.15, 0.2) is 18.2 Å². The number of nitrogens with two attached hydrogens (primary N) is 1. The zero-order valence-electron chi connectivity index (χ0n) is 10.8. The Labute approximate surface area is 107 Å². The fourth-order valence-electron chi connectivity index (χ4n) is 2.79. The Bertz CT molecular complexity index is 569. The van der Waals surface area contributed by atoms with Crippen molar-refractivity contribution in [3.8, 4) is 11.3 Å². The van der Waals surface area contributed by atoms with Crippen LogP contribution < -0.4 is 5.73 Å². The maximum atomic E-state index is 5.68. The van der Waals surface area contributed by atoms with Gasteiger partial charge in [-0.3, -0.25) is 5.10 Å². The molecular formula is C15H19N3. The molecule has 1 aliphatic rings. The molecule has 0 spiro atoms. The number of aryl methyl sites for hydroxylation is 2. The normalized spacial score (nSPS) is 14.6. The van der Waals surface area contributed by atoms with Crippen molar-refractivity contribution in [1.82, 2.24) is 10.2 Å². The van der Waals surface area contributed by atoms with Crippen LogP contribution >= 0.6 is 0 Å². The third-order valence-corrected chi connectivity index (χ3v) is 3.94. The summed E-state index contributed by atoms with van der Waals surface area (Å²) in [6.07, 6.45) is 5.06. The first kappa shape index (κ1) is 11.5. The highest BCUT2D eigenvalue weighted by atomic mass is 15.1. The molecule has 0 atom stereocenters. The first-order valence-electron chi connectivity index (χ1n) is 6.65. The van der Waals surface area contributed by atoms with Crippen molar-refractivity contribution in [3.05, 3.63) is 40.6 Å². The van der Waals surface area contributed by atoms with Crippen molar-refractivity contribution in [2.24, 2.45) is 5.73 Å². The van der Waals surface area contributed by atoms with Crippen molar-refractivity contribution >= 4 is 0 Å². The Morgan fingerprint density at radius 2 is 2.00 bits per heavy atom. The molecule has 3 nitrogen and oxygen atoms in total. The second kappa shape index (κ2) is 4.58. The van der Waals surface area contributed by atoms with E-state index in [9.17, 15) is 0 Å². The predicted molar refractivity (Wildman–Crippen MR) is 73.3 cm³/mol. The van der Waals surface area contributed by atoms with E-state index >= 15 is 0 Å². The smallest absolute Gasteiger partial charge is 0.0953 e. The largest absolute Gasteiger partial charge is 0.325 e. The molecule has 1 heterocycles. The zero-order chi connectivity index (χ0) is 12.5. The molecule has 0 saturated heterocycles. The Balaban J connectivity index is 2.03. The molecule has 1 aromatic heterocycles. The molecule has 1 aliphatic carbocycles. The van der Waals surface area contributed by atoms with Crippen LogP contribution in [0.25, 0.3) is 11.3 Å². The van der Waals surface area contributed by atoms with Crippen LogP contribution in [-0.4, -0.2) is 10.2 Å². The molecule has 0 bridgehead atoms. The van der Waals surface area contributed by atoms with Gasteiger partial charge in [-0.25, -0.2) is 0 Å². The van der Waals surface area contributed by atoms with Gasteiger partial charge in [0.2, 0.25) is 0 Å². The van der Waals surface area contributed by atoms with Crippen molar-refractivity contribution < 1.29 is 0 Å². The van der Waals surface area contributed by atoms with Gasteiger partial charge in [0.1, 0.15) is 0 Å². The van der Waals surface area contributed by atoms with Crippen LogP contribution in [0.4, 0.5) is 0 Å². The molecule has 0 amide bonds. The molecule has 0 radical (unpaired) electrons. The maximum absolute atomic E-state index is 5.68. The molecule has 0 fully saturated rings. The Morgan fingerprint density at radius 1 is 1.22 bits per heavy atom. The predicted octanol–water partition coefficient (Wildman–Crippen LogP) is 2.72. The van der Waals surface area contributed by atoms with Gasteiger partial charge in [0, 0.05) is 12.1 Å². The van der Waals surface area contributed by atoms with Gasteiger partial charge in [0.15, 0.2) is 0 Å². The second-order valence-corrected chi connectivity index (χ2v) is 5.07. The zero-order valence-corrected chi connectivity index (χ0v) is 10.8. The van der Waals surface area contributed by atoms with E-state index in [1.54, 1.807) is 0 Å². The fraction of sp³-hybridized carbons (Fsp3) is 0.400. The van der Waals surface area contributed by atoms with Gasteiger partial charge in [-0.2, -0.15) is 5.10 Å². The average Bonchev–Trinajstić information content (AvgIpc) is 2.79. The van der Waals surface area contributed by atoms with Crippen LogP contribution in [0, 0.1) is 6.92 Å². The van der Waals surface area contributed by atoms with Crippen molar-refractivity contribution in [1.29, 1.82) is 0 Å². The summed E-state index contributed by atoms with van der Waals surface area (Å²) in [5.74, 6) is 0. The van der Waals surface area contributed by atoms with E-state index in [2.05, 4.69) is 35.3 Å². The lowest BCUT2D eigenvalue weighted by atomic mass is 9.89. The summed E-state index contributed by atoms with van der Waals surface area (Å²) in [6, 6.07) is 6.76. The maximum Gasteiger partial charge on any atom is 0.0953 e. The fourth-order valence-corrected chi connectivity index (χ4v) is 2.79. The number of H-pyrrole nitrogens is 1. The van der Waals surface area contributed by atoms with E-state index in [1.165, 1.54) is 47.9 Å². The number of hydrogen-bond donors (Lipinski definition) is 2. The number of aromatic amines is 1. The van der Waals surface area contributed by atoms with Gasteiger partial charge in [-0.1, -0.05) is 12.1 Å². The minimum atomic E-state index is 0.518. The van der Waals surface area contributed by atoms with E-state index in [0.717, 1.165) is 11.4 Å². The summed E-state index contributed by atoms with van der Waals surface area (Å²) in [7, 11) is 0. The first-order valence-corrected chi connectivity index (χ1v) is 6.65. The number of benzene rings is 1. The molecule has 0 saturated carbocycles. The minimum Gasteiger partial charge on any atom is -0.325 e. The van der Waals surface area contributed by atoms with Crippen molar-refractivity contribution in [2.45, 2.75) is 39.2 Å². The molecule has 1 aromatic carbocycles. The minimum absolute atomic E-state index is 0.518. The summed E-state index contributed by atoms with van der Waals surface area (Å²) >= 11 is 0. The number of fused-ring (bicyclic) bond motifs is 1. The van der Waals surface area contributed by atoms with E-state index in [0.29, 0.717) is 6.54 Å². The topological polar surface area (TPSA) is 54.7 Å². The molecule has 3 N–H and O–H groups in total. The molecule has 0 aliphatic heterocycles. The summed E-state index contributed by atoms with van der Waals surface area (Å²) in [4.78, 5) is 0. The SMILES string of the molecule is Cc1c(-c2ccc3c(c2)CCCC3)n[nH]c1CN. The van der Waals surface area contributed by atoms with Gasteiger partial charge in [-0.05, 0) is 55.4 Å². The molecule has 3 heteroatoms. The third-order valence-electron chi connectivity index (χ3n) is 3.94. The van der Waals surface area contributed by atoms with Gasteiger partial charge < -0.3 is 5.73 Å². The average molecular weight is 241 g/mol. The molecule has 0 unspecified atom stereocenters. The van der Waals surface area contributed by atoms with Gasteiger partial charge in [0.25, 0.3) is 0 Å². The second-order valence-electron chi connectivity index (χ2n) is 5.07. The quantitative estimate of drug-likeness (QED) is 0.849. The first-order chi connectivity index (χ1) is 8.79. The lowest BCUT2D eigenvalue weighted by Gasteiger charge is -2.16. The van der Waals surface area contributed by atoms with Crippen LogP contribution in [0.5, 0.6) is 0 Å². The van der Waals surface area contributed by atoms with Crippen LogP contribution in [-0.2, 0) is 19.4 Å². The van der Waals surface area contributed by atoms with E-state index < -0.39 is 0 Å². The summed E-state index contributed by atoms with van der Waals surface area (Å²) in [5, 5.41) is 7.43. The van der Waals surface area contributed by atoms with Gasteiger partial charge in [-0.15, -0.1) is 0 Å². The molecule has 18 heavy (non-hydrogen) atoms. The summed E-state index contributed by atoms with van der Waals surface area (Å²) < 4.78 is 0. The van der Waals surface area contributed by atoms with Gasteiger partial charge >= 0.3 is 0 Å². The molecule has 3 rings (SSSR count). The van der Waals surface area contributed by atoms with Crippen LogP contribution in [0.3, 0.4) is 0 Å². The van der Waals surface area contributed by atoms with Crippen molar-refractivity contribution in [2.75, 3.05) is 0 Å². The molecular weight excluding hydrogens is 222 g/mol. The lowest BCUT2D eigenvalue weighted by molar-refractivity contribution is 0.686. The summed E-state index contributed by atoms with van der Waals surface area (Å²) in [6.45, 7) is 2.60. The molecule has 94 valence electrons. The standard InChI is InChI=1S/C15H19N3/c1-10-14(9-16)17-18-15(10)13-7-6-11-4-2-3-5-12(11)8-13/h6-8H,2-5,9,16H2,1H3,(H,17,18).